The minimum atomic E-state index is -0.668. The van der Waals surface area contributed by atoms with E-state index in [-0.39, 0.29) is 12.4 Å². The molecule has 3 aromatic rings. The number of nitrogens with zero attached hydrogens (tertiary/aromatic N) is 3. The second kappa shape index (κ2) is 10.3. The van der Waals surface area contributed by atoms with Crippen LogP contribution in [0.25, 0.3) is 0 Å². The van der Waals surface area contributed by atoms with E-state index < -0.39 is 11.9 Å². The van der Waals surface area contributed by atoms with Crippen molar-refractivity contribution < 1.29 is 23.8 Å². The van der Waals surface area contributed by atoms with Crippen molar-refractivity contribution in [3.63, 3.8) is 0 Å². The SMILES string of the molecule is Cc1ccc(OCc2nnc(SCC(=O)NC(=O)Nc3ccc4c(c3)OCCO4)n2N)c(C)c1. The van der Waals surface area contributed by atoms with Crippen LogP contribution in [0.2, 0.25) is 0 Å². The fraction of sp³-hybridized carbons (Fsp3) is 0.273. The number of rotatable bonds is 7. The third-order valence-electron chi connectivity index (χ3n) is 4.81. The average molecular weight is 485 g/mol. The van der Waals surface area contributed by atoms with E-state index >= 15 is 0 Å². The number of imide groups is 1. The van der Waals surface area contributed by atoms with Gasteiger partial charge < -0.3 is 25.4 Å². The highest BCUT2D eigenvalue weighted by Gasteiger charge is 2.16. The largest absolute Gasteiger partial charge is 0.486 e. The number of fused-ring (bicyclic) bond motifs is 1. The Morgan fingerprint density at radius 1 is 1.12 bits per heavy atom. The lowest BCUT2D eigenvalue weighted by Gasteiger charge is -2.19. The molecule has 0 saturated carbocycles. The molecular formula is C22H24N6O5S. The summed E-state index contributed by atoms with van der Waals surface area (Å²) in [5, 5.41) is 13.2. The number of hydrogen-bond donors (Lipinski definition) is 3. The lowest BCUT2D eigenvalue weighted by atomic mass is 10.1. The zero-order valence-corrected chi connectivity index (χ0v) is 19.5. The first kappa shape index (κ1) is 23.2. The van der Waals surface area contributed by atoms with Gasteiger partial charge in [0.15, 0.2) is 17.3 Å². The van der Waals surface area contributed by atoms with Gasteiger partial charge in [0.2, 0.25) is 11.1 Å². The van der Waals surface area contributed by atoms with Gasteiger partial charge in [-0.3, -0.25) is 10.1 Å². The van der Waals surface area contributed by atoms with Gasteiger partial charge in [0, 0.05) is 11.8 Å². The van der Waals surface area contributed by atoms with Crippen LogP contribution in [-0.2, 0) is 11.4 Å². The standard InChI is InChI=1S/C22H24N6O5S/c1-13-3-5-16(14(2)9-13)33-11-19-26-27-22(28(19)23)34-12-20(29)25-21(30)24-15-4-6-17-18(10-15)32-8-7-31-17/h3-6,9-10H,7-8,11-12,23H2,1-2H3,(H2,24,25,29,30). The Morgan fingerprint density at radius 3 is 2.71 bits per heavy atom. The number of aryl methyl sites for hydroxylation is 2. The smallest absolute Gasteiger partial charge is 0.325 e. The summed E-state index contributed by atoms with van der Waals surface area (Å²) in [6.07, 6.45) is 0. The van der Waals surface area contributed by atoms with Crippen molar-refractivity contribution >= 4 is 29.4 Å². The van der Waals surface area contributed by atoms with Crippen molar-refractivity contribution in [3.8, 4) is 17.2 Å². The van der Waals surface area contributed by atoms with Crippen LogP contribution in [0.3, 0.4) is 0 Å². The van der Waals surface area contributed by atoms with Gasteiger partial charge in [-0.15, -0.1) is 10.2 Å². The average Bonchev–Trinajstić information content (AvgIpc) is 3.16. The van der Waals surface area contributed by atoms with Gasteiger partial charge in [-0.25, -0.2) is 9.47 Å². The third kappa shape index (κ3) is 5.70. The molecule has 3 amide bonds. The maximum absolute atomic E-state index is 12.2. The van der Waals surface area contributed by atoms with Crippen LogP contribution in [0, 0.1) is 13.8 Å². The fourth-order valence-corrected chi connectivity index (χ4v) is 3.86. The molecular weight excluding hydrogens is 460 g/mol. The van der Waals surface area contributed by atoms with Gasteiger partial charge in [-0.05, 0) is 37.6 Å². The zero-order chi connectivity index (χ0) is 24.1. The summed E-state index contributed by atoms with van der Waals surface area (Å²) in [6.45, 7) is 5.00. The van der Waals surface area contributed by atoms with Crippen molar-refractivity contribution in [1.82, 2.24) is 20.2 Å². The van der Waals surface area contributed by atoms with Crippen LogP contribution in [0.5, 0.6) is 17.2 Å². The number of thioether (sulfide) groups is 1. The lowest BCUT2D eigenvalue weighted by Crippen LogP contribution is -2.35. The molecule has 12 heteroatoms. The Bertz CT molecular complexity index is 1210. The zero-order valence-electron chi connectivity index (χ0n) is 18.7. The molecule has 178 valence electrons. The number of carbonyl (C=O) groups excluding carboxylic acids is 2. The second-order valence-electron chi connectivity index (χ2n) is 7.48. The van der Waals surface area contributed by atoms with E-state index in [1.807, 2.05) is 32.0 Å². The molecule has 2 aromatic carbocycles. The number of nitrogens with one attached hydrogen (secondary N) is 2. The highest BCUT2D eigenvalue weighted by molar-refractivity contribution is 7.99. The van der Waals surface area contributed by atoms with Gasteiger partial charge in [-0.2, -0.15) is 0 Å². The Hall–Kier alpha value is -3.93. The maximum Gasteiger partial charge on any atom is 0.325 e. The van der Waals surface area contributed by atoms with E-state index in [9.17, 15) is 9.59 Å². The van der Waals surface area contributed by atoms with Crippen molar-refractivity contribution in [2.45, 2.75) is 25.6 Å². The van der Waals surface area contributed by atoms with Crippen LogP contribution in [-0.4, -0.2) is 45.8 Å². The number of benzene rings is 2. The monoisotopic (exact) mass is 484 g/mol. The molecule has 0 bridgehead atoms. The first-order valence-corrected chi connectivity index (χ1v) is 11.4. The summed E-state index contributed by atoms with van der Waals surface area (Å²) in [7, 11) is 0. The molecule has 2 heterocycles. The minimum Gasteiger partial charge on any atom is -0.486 e. The molecule has 1 aliphatic rings. The molecule has 0 atom stereocenters. The highest BCUT2D eigenvalue weighted by Crippen LogP contribution is 2.32. The van der Waals surface area contributed by atoms with Crippen molar-refractivity contribution in [3.05, 3.63) is 53.3 Å². The van der Waals surface area contributed by atoms with Crippen LogP contribution in [0.15, 0.2) is 41.6 Å². The number of nitrogens with two attached hydrogens (primary N) is 1. The number of urea groups is 1. The van der Waals surface area contributed by atoms with Gasteiger partial charge in [-0.1, -0.05) is 29.5 Å². The predicted octanol–water partition coefficient (Wildman–Crippen LogP) is 2.40. The summed E-state index contributed by atoms with van der Waals surface area (Å²) >= 11 is 1.05. The Labute approximate surface area is 199 Å². The maximum atomic E-state index is 12.2. The van der Waals surface area contributed by atoms with E-state index in [1.54, 1.807) is 18.2 Å². The first-order chi connectivity index (χ1) is 16.4. The van der Waals surface area contributed by atoms with Gasteiger partial charge in [0.1, 0.15) is 25.6 Å². The summed E-state index contributed by atoms with van der Waals surface area (Å²) in [5.41, 5.74) is 2.62. The van der Waals surface area contributed by atoms with Gasteiger partial charge >= 0.3 is 6.03 Å². The number of anilines is 1. The summed E-state index contributed by atoms with van der Waals surface area (Å²) < 4.78 is 18.0. The van der Waals surface area contributed by atoms with E-state index in [4.69, 9.17) is 20.1 Å². The van der Waals surface area contributed by atoms with E-state index in [2.05, 4.69) is 20.8 Å². The number of carbonyl (C=O) groups is 2. The van der Waals surface area contributed by atoms with E-state index in [1.165, 1.54) is 4.68 Å². The Balaban J connectivity index is 1.25. The first-order valence-electron chi connectivity index (χ1n) is 10.4. The molecule has 0 unspecified atom stereocenters. The fourth-order valence-electron chi connectivity index (χ4n) is 3.18. The molecule has 34 heavy (non-hydrogen) atoms. The lowest BCUT2D eigenvalue weighted by molar-refractivity contribution is -0.117. The molecule has 0 spiro atoms. The number of hydrogen-bond acceptors (Lipinski definition) is 9. The molecule has 11 nitrogen and oxygen atoms in total. The number of nitrogen functional groups attached to an aromatic ring is 1. The molecule has 4 rings (SSSR count). The van der Waals surface area contributed by atoms with Crippen molar-refractivity contribution in [2.24, 2.45) is 0 Å². The van der Waals surface area contributed by atoms with Crippen molar-refractivity contribution in [1.29, 1.82) is 0 Å². The van der Waals surface area contributed by atoms with Crippen LogP contribution in [0.4, 0.5) is 10.5 Å². The summed E-state index contributed by atoms with van der Waals surface area (Å²) in [4.78, 5) is 24.3. The molecule has 0 aliphatic carbocycles. The van der Waals surface area contributed by atoms with Crippen LogP contribution >= 0.6 is 11.8 Å². The summed E-state index contributed by atoms with van der Waals surface area (Å²) in [5.74, 6) is 7.70. The summed E-state index contributed by atoms with van der Waals surface area (Å²) in [6, 6.07) is 10.2. The normalized spacial score (nSPS) is 12.2. The Morgan fingerprint density at radius 2 is 1.91 bits per heavy atom. The van der Waals surface area contributed by atoms with E-state index in [0.29, 0.717) is 41.4 Å². The molecule has 0 radical (unpaired) electrons. The van der Waals surface area contributed by atoms with Crippen LogP contribution < -0.4 is 30.7 Å². The van der Waals surface area contributed by atoms with Crippen LogP contribution in [0.1, 0.15) is 17.0 Å². The quantitative estimate of drug-likeness (QED) is 0.340. The molecule has 4 N–H and O–H groups in total. The van der Waals surface area contributed by atoms with E-state index in [0.717, 1.165) is 28.6 Å². The minimum absolute atomic E-state index is 0.0815. The molecule has 1 aromatic heterocycles. The molecule has 1 aliphatic heterocycles. The number of amides is 3. The third-order valence-corrected chi connectivity index (χ3v) is 5.75. The van der Waals surface area contributed by atoms with Gasteiger partial charge in [0.25, 0.3) is 0 Å². The van der Waals surface area contributed by atoms with Crippen molar-refractivity contribution in [2.75, 3.05) is 30.1 Å². The topological polar surface area (TPSA) is 143 Å². The number of ether oxygens (including phenoxy) is 3. The predicted molar refractivity (Wildman–Crippen MR) is 126 cm³/mol. The molecule has 0 saturated heterocycles. The Kier molecular flexibility index (Phi) is 7.07. The molecule has 0 fully saturated rings. The number of aromatic nitrogens is 3. The highest BCUT2D eigenvalue weighted by atomic mass is 32.2. The van der Waals surface area contributed by atoms with Gasteiger partial charge in [0.05, 0.1) is 5.75 Å². The second-order valence-corrected chi connectivity index (χ2v) is 8.42.